The van der Waals surface area contributed by atoms with E-state index in [1.54, 1.807) is 0 Å². The van der Waals surface area contributed by atoms with Gasteiger partial charge in [-0.2, -0.15) is 59.6 Å². The van der Waals surface area contributed by atoms with E-state index < -0.39 is 54.2 Å². The van der Waals surface area contributed by atoms with Crippen LogP contribution in [0.1, 0.15) is 19.5 Å². The zero-order valence-electron chi connectivity index (χ0n) is 14.4. The maximum Gasteiger partial charge on any atom is 0.435 e. The summed E-state index contributed by atoms with van der Waals surface area (Å²) in [4.78, 5) is 10.4. The summed E-state index contributed by atoms with van der Waals surface area (Å²) in [5, 5.41) is 6.75. The van der Waals surface area contributed by atoms with Gasteiger partial charge in [0.15, 0.2) is 5.69 Å². The number of hydrogen-bond acceptors (Lipinski definition) is 6. The van der Waals surface area contributed by atoms with Crippen LogP contribution in [-0.4, -0.2) is 49.2 Å². The Labute approximate surface area is 156 Å². The zero-order valence-corrected chi connectivity index (χ0v) is 14.4. The number of nitrogens with zero attached hydrogens (tertiary/aromatic N) is 5. The lowest BCUT2D eigenvalue weighted by atomic mass is 10.3. The fourth-order valence-corrected chi connectivity index (χ4v) is 1.73. The zero-order chi connectivity index (χ0) is 22.2. The maximum absolute atomic E-state index is 12.7. The van der Waals surface area contributed by atoms with E-state index >= 15 is 0 Å². The van der Waals surface area contributed by atoms with Gasteiger partial charge in [-0.05, 0) is 19.9 Å². The fourth-order valence-electron chi connectivity index (χ4n) is 1.73. The van der Waals surface area contributed by atoms with Crippen molar-refractivity contribution in [2.24, 2.45) is 0 Å². The Morgan fingerprint density at radius 2 is 1.24 bits per heavy atom. The quantitative estimate of drug-likeness (QED) is 0.693. The van der Waals surface area contributed by atoms with Gasteiger partial charge in [-0.25, -0.2) is 4.68 Å². The van der Waals surface area contributed by atoms with E-state index in [0.717, 1.165) is 6.20 Å². The molecule has 0 unspecified atom stereocenters. The van der Waals surface area contributed by atoms with Gasteiger partial charge < -0.3 is 10.6 Å². The molecule has 0 bridgehead atoms. The molecule has 2 rings (SSSR count). The molecule has 16 heteroatoms. The van der Waals surface area contributed by atoms with Crippen LogP contribution < -0.4 is 10.6 Å². The van der Waals surface area contributed by atoms with Crippen molar-refractivity contribution in [1.29, 1.82) is 0 Å². The first-order valence-corrected chi connectivity index (χ1v) is 7.63. The summed E-state index contributed by atoms with van der Waals surface area (Å²) in [6, 6.07) is -3.90. The number of aromatic nitrogens is 5. The average Bonchev–Trinajstić information content (AvgIpc) is 3.03. The van der Waals surface area contributed by atoms with E-state index in [4.69, 9.17) is 0 Å². The van der Waals surface area contributed by atoms with Crippen molar-refractivity contribution in [1.82, 2.24) is 24.7 Å². The normalized spacial score (nSPS) is 15.1. The lowest BCUT2D eigenvalue weighted by Crippen LogP contribution is -2.35. The molecule has 0 amide bonds. The van der Waals surface area contributed by atoms with Gasteiger partial charge in [-0.15, -0.1) is 0 Å². The van der Waals surface area contributed by atoms with Gasteiger partial charge in [0.05, 0.1) is 0 Å². The minimum absolute atomic E-state index is 0.442. The highest BCUT2D eigenvalue weighted by Crippen LogP contribution is 2.28. The molecule has 2 heterocycles. The molecular formula is C13H12F9N7. The van der Waals surface area contributed by atoms with Crippen LogP contribution in [0.5, 0.6) is 0 Å². The first kappa shape index (κ1) is 22.5. The van der Waals surface area contributed by atoms with Crippen LogP contribution in [-0.2, 0) is 6.18 Å². The van der Waals surface area contributed by atoms with Gasteiger partial charge in [0.1, 0.15) is 12.1 Å². The lowest BCUT2D eigenvalue weighted by Gasteiger charge is -2.20. The summed E-state index contributed by atoms with van der Waals surface area (Å²) in [6.45, 7) is 1.37. The minimum Gasteiger partial charge on any atom is -0.343 e. The second-order valence-electron chi connectivity index (χ2n) is 5.74. The van der Waals surface area contributed by atoms with Gasteiger partial charge in [0, 0.05) is 6.20 Å². The Bertz CT molecular complexity index is 800. The van der Waals surface area contributed by atoms with Gasteiger partial charge in [-0.1, -0.05) is 0 Å². The molecule has 0 aliphatic heterocycles. The van der Waals surface area contributed by atoms with Crippen LogP contribution >= 0.6 is 0 Å². The third-order valence-corrected chi connectivity index (χ3v) is 3.38. The highest BCUT2D eigenvalue weighted by molar-refractivity contribution is 5.39. The third kappa shape index (κ3) is 5.83. The van der Waals surface area contributed by atoms with Gasteiger partial charge in [-0.3, -0.25) is 0 Å². The first-order chi connectivity index (χ1) is 13.1. The summed E-state index contributed by atoms with van der Waals surface area (Å²) in [7, 11) is 0. The standard InChI is InChI=1S/C13H12F9N7/c1-5(11(14,15)16)23-8-25-9(24-6(2)12(17,18)19)27-10(26-8)29-4-3-7(28-29)13(20,21)22/h3-6H,1-2H3,(H2,23,24,25,26,27)/t5-,6-/m0/s1. The predicted octanol–water partition coefficient (Wildman–Crippen LogP) is 3.80. The number of rotatable bonds is 5. The molecule has 2 atom stereocenters. The van der Waals surface area contributed by atoms with Crippen molar-refractivity contribution in [3.8, 4) is 5.95 Å². The monoisotopic (exact) mass is 437 g/mol. The average molecular weight is 437 g/mol. The Kier molecular flexibility index (Phi) is 5.85. The van der Waals surface area contributed by atoms with Crippen LogP contribution in [0.25, 0.3) is 5.95 Å². The number of anilines is 2. The Morgan fingerprint density at radius 3 is 1.59 bits per heavy atom. The van der Waals surface area contributed by atoms with E-state index in [1.165, 1.54) is 0 Å². The second kappa shape index (κ2) is 7.55. The van der Waals surface area contributed by atoms with Crippen molar-refractivity contribution < 1.29 is 39.5 Å². The Balaban J connectivity index is 2.45. The lowest BCUT2D eigenvalue weighted by molar-refractivity contribution is -0.141. The molecule has 29 heavy (non-hydrogen) atoms. The summed E-state index contributed by atoms with van der Waals surface area (Å²) in [5.74, 6) is -2.37. The molecule has 0 aliphatic rings. The second-order valence-corrected chi connectivity index (χ2v) is 5.74. The number of nitrogens with one attached hydrogen (secondary N) is 2. The van der Waals surface area contributed by atoms with Crippen LogP contribution in [0.4, 0.5) is 51.4 Å². The number of hydrogen-bond donors (Lipinski definition) is 2. The molecule has 2 aromatic rings. The van der Waals surface area contributed by atoms with Gasteiger partial charge in [0.25, 0.3) is 5.95 Å². The van der Waals surface area contributed by atoms with Gasteiger partial charge in [0.2, 0.25) is 11.9 Å². The molecular weight excluding hydrogens is 425 g/mol. The van der Waals surface area contributed by atoms with Gasteiger partial charge >= 0.3 is 18.5 Å². The summed E-state index contributed by atoms with van der Waals surface area (Å²) >= 11 is 0. The van der Waals surface area contributed by atoms with E-state index in [-0.39, 0.29) is 0 Å². The smallest absolute Gasteiger partial charge is 0.343 e. The molecule has 0 aliphatic carbocycles. The molecule has 0 aromatic carbocycles. The molecule has 0 radical (unpaired) electrons. The van der Waals surface area contributed by atoms with E-state index in [1.807, 2.05) is 10.6 Å². The van der Waals surface area contributed by atoms with Crippen molar-refractivity contribution in [2.75, 3.05) is 10.6 Å². The van der Waals surface area contributed by atoms with Crippen molar-refractivity contribution in [2.45, 2.75) is 44.5 Å². The largest absolute Gasteiger partial charge is 0.435 e. The molecule has 0 fully saturated rings. The van der Waals surface area contributed by atoms with Crippen LogP contribution in [0.2, 0.25) is 0 Å². The predicted molar refractivity (Wildman–Crippen MR) is 80.2 cm³/mol. The van der Waals surface area contributed by atoms with Crippen LogP contribution in [0.3, 0.4) is 0 Å². The number of alkyl halides is 9. The highest BCUT2D eigenvalue weighted by atomic mass is 19.4. The Hall–Kier alpha value is -2.81. The van der Waals surface area contributed by atoms with Crippen molar-refractivity contribution >= 4 is 11.9 Å². The molecule has 2 N–H and O–H groups in total. The highest BCUT2D eigenvalue weighted by Gasteiger charge is 2.38. The Morgan fingerprint density at radius 1 is 0.793 bits per heavy atom. The fraction of sp³-hybridized carbons (Fsp3) is 0.538. The SMILES string of the molecule is C[C@H](Nc1nc(N[C@@H](C)C(F)(F)F)nc(-n2ccc(C(F)(F)F)n2)n1)C(F)(F)F. The maximum atomic E-state index is 12.7. The summed E-state index contributed by atoms with van der Waals surface area (Å²) in [6.07, 6.45) is -13.6. The molecule has 162 valence electrons. The summed E-state index contributed by atoms with van der Waals surface area (Å²) < 4.78 is 115. The minimum atomic E-state index is -4.84. The molecule has 0 saturated heterocycles. The third-order valence-electron chi connectivity index (χ3n) is 3.38. The molecule has 2 aromatic heterocycles. The van der Waals surface area contributed by atoms with Crippen LogP contribution in [0.15, 0.2) is 12.3 Å². The van der Waals surface area contributed by atoms with Crippen LogP contribution in [0, 0.1) is 0 Å². The summed E-state index contributed by atoms with van der Waals surface area (Å²) in [5.41, 5.74) is -1.37. The molecule has 7 nitrogen and oxygen atoms in total. The van der Waals surface area contributed by atoms with E-state index in [0.29, 0.717) is 24.6 Å². The number of halogens is 9. The topological polar surface area (TPSA) is 80.5 Å². The van der Waals surface area contributed by atoms with E-state index in [9.17, 15) is 39.5 Å². The van der Waals surface area contributed by atoms with E-state index in [2.05, 4.69) is 20.1 Å². The van der Waals surface area contributed by atoms with Crippen molar-refractivity contribution in [3.63, 3.8) is 0 Å². The molecule has 0 spiro atoms. The van der Waals surface area contributed by atoms with Crippen molar-refractivity contribution in [3.05, 3.63) is 18.0 Å². The molecule has 0 saturated carbocycles. The first-order valence-electron chi connectivity index (χ1n) is 7.63.